The Balaban J connectivity index is 2.06. The van der Waals surface area contributed by atoms with E-state index in [1.165, 1.54) is 0 Å². The summed E-state index contributed by atoms with van der Waals surface area (Å²) in [6.45, 7) is 0. The number of aromatic amines is 2. The molecule has 1 unspecified atom stereocenters. The van der Waals surface area contributed by atoms with Gasteiger partial charge in [0.2, 0.25) is 5.88 Å². The normalized spacial score (nSPS) is 20.3. The molecule has 0 saturated carbocycles. The highest BCUT2D eigenvalue weighted by atomic mass is 35.5. The maximum Gasteiger partial charge on any atom is 0.281 e. The van der Waals surface area contributed by atoms with Crippen molar-refractivity contribution in [2.45, 2.75) is 11.5 Å². The van der Waals surface area contributed by atoms with Gasteiger partial charge >= 0.3 is 0 Å². The number of carbonyl (C=O) groups excluding carboxylic acids is 2. The predicted octanol–water partition coefficient (Wildman–Crippen LogP) is 0.880. The Labute approximate surface area is 160 Å². The first-order valence-electron chi connectivity index (χ1n) is 7.31. The van der Waals surface area contributed by atoms with E-state index >= 15 is 0 Å². The Morgan fingerprint density at radius 3 is 2.35 bits per heavy atom. The molecule has 26 heavy (non-hydrogen) atoms. The number of aromatic nitrogens is 2. The Hall–Kier alpha value is -2.56. The van der Waals surface area contributed by atoms with E-state index in [1.807, 2.05) is 0 Å². The van der Waals surface area contributed by atoms with Crippen LogP contribution in [0.25, 0.3) is 0 Å². The van der Waals surface area contributed by atoms with Crippen LogP contribution in [0.1, 0.15) is 17.0 Å². The molecule has 1 spiro atoms. The van der Waals surface area contributed by atoms with Crippen molar-refractivity contribution in [1.29, 1.82) is 0 Å². The second-order valence-electron chi connectivity index (χ2n) is 5.68. The van der Waals surface area contributed by atoms with Gasteiger partial charge in [-0.1, -0.05) is 29.8 Å². The molecule has 4 N–H and O–H groups in total. The van der Waals surface area contributed by atoms with Crippen molar-refractivity contribution < 1.29 is 14.3 Å². The van der Waals surface area contributed by atoms with Crippen molar-refractivity contribution in [3.8, 4) is 5.88 Å². The number of halogens is 1. The second-order valence-corrected chi connectivity index (χ2v) is 6.90. The summed E-state index contributed by atoms with van der Waals surface area (Å²) in [5.74, 6) is -2.77. The van der Waals surface area contributed by atoms with E-state index in [4.69, 9.17) is 40.8 Å². The highest BCUT2D eigenvalue weighted by Crippen LogP contribution is 2.48. The number of amides is 2. The molecule has 2 amide bonds. The third-order valence-electron chi connectivity index (χ3n) is 4.25. The summed E-state index contributed by atoms with van der Waals surface area (Å²) in [4.78, 5) is 43.3. The molecule has 3 heterocycles. The molecule has 1 saturated heterocycles. The largest absolute Gasteiger partial charge is 0.451 e. The molecule has 4 rings (SSSR count). The summed E-state index contributed by atoms with van der Waals surface area (Å²) in [7, 11) is 0. The van der Waals surface area contributed by atoms with Crippen LogP contribution in [0.3, 0.4) is 0 Å². The summed E-state index contributed by atoms with van der Waals surface area (Å²) < 4.78 is 5.70. The van der Waals surface area contributed by atoms with Gasteiger partial charge in [-0.25, -0.2) is 0 Å². The van der Waals surface area contributed by atoms with Gasteiger partial charge in [-0.2, -0.15) is 0 Å². The Morgan fingerprint density at radius 1 is 1.04 bits per heavy atom. The minimum Gasteiger partial charge on any atom is -0.451 e. The number of carbonyl (C=O) groups is 2. The molecule has 1 atom stereocenters. The number of rotatable bonds is 1. The summed E-state index contributed by atoms with van der Waals surface area (Å²) >= 11 is 16.1. The molecule has 2 aliphatic heterocycles. The van der Waals surface area contributed by atoms with Crippen LogP contribution < -0.4 is 20.9 Å². The number of benzene rings is 1. The van der Waals surface area contributed by atoms with E-state index in [1.54, 1.807) is 24.3 Å². The zero-order valence-electron chi connectivity index (χ0n) is 12.7. The van der Waals surface area contributed by atoms with Gasteiger partial charge in [0.15, 0.2) is 9.88 Å². The van der Waals surface area contributed by atoms with E-state index in [0.717, 1.165) is 0 Å². The first kappa shape index (κ1) is 16.9. The predicted molar refractivity (Wildman–Crippen MR) is 97.8 cm³/mol. The van der Waals surface area contributed by atoms with Crippen LogP contribution in [0, 0.1) is 4.77 Å². The Bertz CT molecular complexity index is 1090. The Morgan fingerprint density at radius 2 is 1.69 bits per heavy atom. The van der Waals surface area contributed by atoms with Crippen LogP contribution in [-0.2, 0) is 9.59 Å². The van der Waals surface area contributed by atoms with Crippen molar-refractivity contribution in [3.63, 3.8) is 0 Å². The SMILES string of the molecule is O=C1NC(=S)NC(=O)C12Oc1[nH]c(=S)[nH]c(=O)c1C2c1ccccc1Cl. The lowest BCUT2D eigenvalue weighted by molar-refractivity contribution is -0.150. The van der Waals surface area contributed by atoms with E-state index in [2.05, 4.69) is 20.6 Å². The van der Waals surface area contributed by atoms with Gasteiger partial charge in [-0.15, -0.1) is 0 Å². The number of ether oxygens (including phenoxy) is 1. The van der Waals surface area contributed by atoms with Crippen LogP contribution in [0.15, 0.2) is 29.1 Å². The van der Waals surface area contributed by atoms with E-state index in [0.29, 0.717) is 5.56 Å². The van der Waals surface area contributed by atoms with Gasteiger partial charge in [-0.05, 0) is 36.1 Å². The third-order valence-corrected chi connectivity index (χ3v) is 5.00. The number of hydrogen-bond donors (Lipinski definition) is 4. The lowest BCUT2D eigenvalue weighted by atomic mass is 9.77. The van der Waals surface area contributed by atoms with Gasteiger partial charge < -0.3 is 9.72 Å². The average Bonchev–Trinajstić information content (AvgIpc) is 2.89. The zero-order valence-corrected chi connectivity index (χ0v) is 15.1. The van der Waals surface area contributed by atoms with Crippen molar-refractivity contribution in [1.82, 2.24) is 20.6 Å². The fourth-order valence-corrected chi connectivity index (χ4v) is 3.82. The molecular formula is C15H9ClN4O4S2. The number of hydrogen-bond acceptors (Lipinski definition) is 6. The third kappa shape index (κ3) is 2.23. The fourth-order valence-electron chi connectivity index (χ4n) is 3.21. The van der Waals surface area contributed by atoms with Gasteiger partial charge in [0.1, 0.15) is 0 Å². The first-order chi connectivity index (χ1) is 12.3. The molecule has 0 radical (unpaired) electrons. The van der Waals surface area contributed by atoms with Crippen LogP contribution >= 0.6 is 36.0 Å². The minimum absolute atomic E-state index is 0.00384. The molecule has 11 heteroatoms. The van der Waals surface area contributed by atoms with Crippen LogP contribution in [-0.4, -0.2) is 32.5 Å². The van der Waals surface area contributed by atoms with Gasteiger partial charge in [0.25, 0.3) is 23.0 Å². The smallest absolute Gasteiger partial charge is 0.281 e. The van der Waals surface area contributed by atoms with E-state index < -0.39 is 28.9 Å². The first-order valence-corrected chi connectivity index (χ1v) is 8.51. The van der Waals surface area contributed by atoms with Crippen LogP contribution in [0.2, 0.25) is 5.02 Å². The summed E-state index contributed by atoms with van der Waals surface area (Å²) in [6.07, 6.45) is 0. The fraction of sp³-hybridized carbons (Fsp3) is 0.133. The van der Waals surface area contributed by atoms with Crippen molar-refractivity contribution in [3.05, 3.63) is 55.5 Å². The highest BCUT2D eigenvalue weighted by molar-refractivity contribution is 7.80. The molecule has 2 aliphatic rings. The summed E-state index contributed by atoms with van der Waals surface area (Å²) in [6, 6.07) is 6.57. The number of nitrogens with one attached hydrogen (secondary N) is 4. The minimum atomic E-state index is -2.09. The maximum atomic E-state index is 12.8. The molecule has 2 aromatic rings. The average molecular weight is 409 g/mol. The zero-order chi connectivity index (χ0) is 18.6. The molecule has 1 aromatic heterocycles. The lowest BCUT2D eigenvalue weighted by Crippen LogP contribution is -2.70. The maximum absolute atomic E-state index is 12.8. The standard InChI is InChI=1S/C15H9ClN4O4S2/c16-6-4-2-1-3-5(6)8-7-9(21)17-13(25)18-10(7)24-15(8)11(22)19-14(26)20-12(15)23/h1-4,8H,(H2,17,18,21,25)(H2,19,20,22,23,26). The van der Waals surface area contributed by atoms with Crippen molar-refractivity contribution >= 4 is 53.0 Å². The van der Waals surface area contributed by atoms with Crippen LogP contribution in [0.4, 0.5) is 0 Å². The van der Waals surface area contributed by atoms with Gasteiger partial charge in [0, 0.05) is 5.02 Å². The van der Waals surface area contributed by atoms with Crippen LogP contribution in [0.5, 0.6) is 5.88 Å². The number of fused-ring (bicyclic) bond motifs is 1. The molecular weight excluding hydrogens is 400 g/mol. The van der Waals surface area contributed by atoms with Crippen molar-refractivity contribution in [2.75, 3.05) is 0 Å². The van der Waals surface area contributed by atoms with Gasteiger partial charge in [-0.3, -0.25) is 30.0 Å². The van der Waals surface area contributed by atoms with E-state index in [-0.39, 0.29) is 26.3 Å². The number of thiocarbonyl (C=S) groups is 1. The molecule has 1 fully saturated rings. The monoisotopic (exact) mass is 408 g/mol. The summed E-state index contributed by atoms with van der Waals surface area (Å²) in [5.41, 5.74) is -2.26. The van der Waals surface area contributed by atoms with Gasteiger partial charge in [0.05, 0.1) is 11.5 Å². The topological polar surface area (TPSA) is 116 Å². The quantitative estimate of drug-likeness (QED) is 0.411. The lowest BCUT2D eigenvalue weighted by Gasteiger charge is -2.35. The summed E-state index contributed by atoms with van der Waals surface area (Å²) in [5, 5.41) is 4.86. The second kappa shape index (κ2) is 5.73. The Kier molecular flexibility index (Phi) is 3.72. The molecule has 8 nitrogen and oxygen atoms in total. The highest BCUT2D eigenvalue weighted by Gasteiger charge is 2.64. The molecule has 0 bridgehead atoms. The molecule has 132 valence electrons. The molecule has 1 aromatic carbocycles. The van der Waals surface area contributed by atoms with E-state index in [9.17, 15) is 14.4 Å². The molecule has 0 aliphatic carbocycles. The number of H-pyrrole nitrogens is 2. The van der Waals surface area contributed by atoms with Crippen molar-refractivity contribution in [2.24, 2.45) is 0 Å².